The molecule has 0 aliphatic heterocycles. The Morgan fingerprint density at radius 3 is 2.68 bits per heavy atom. The number of nitrogens with one attached hydrogen (secondary N) is 3. The smallest absolute Gasteiger partial charge is 0.330 e. The molecule has 8 nitrogen and oxygen atoms in total. The highest BCUT2D eigenvalue weighted by molar-refractivity contribution is 6.05. The molecule has 8 heteroatoms. The van der Waals surface area contributed by atoms with Crippen LogP contribution in [0.4, 0.5) is 0 Å². The molecule has 1 aliphatic rings. The van der Waals surface area contributed by atoms with Gasteiger partial charge in [-0.2, -0.15) is 0 Å². The van der Waals surface area contributed by atoms with Crippen molar-refractivity contribution in [3.05, 3.63) is 38.2 Å². The minimum atomic E-state index is -0.566. The van der Waals surface area contributed by atoms with Gasteiger partial charge in [-0.1, -0.05) is 20.8 Å². The van der Waals surface area contributed by atoms with E-state index in [4.69, 9.17) is 0 Å². The molecule has 1 saturated carbocycles. The first kappa shape index (κ1) is 20.3. The Bertz CT molecular complexity index is 972. The van der Waals surface area contributed by atoms with Crippen molar-refractivity contribution in [1.82, 2.24) is 25.2 Å². The predicted molar refractivity (Wildman–Crippen MR) is 109 cm³/mol. The number of hydrogen-bond donors (Lipinski definition) is 3. The molecule has 152 valence electrons. The number of aromatic amines is 1. The number of carbonyl (C=O) groups excluding carboxylic acids is 1. The molecule has 2 heterocycles. The first-order valence-electron chi connectivity index (χ1n) is 10.1. The summed E-state index contributed by atoms with van der Waals surface area (Å²) in [6.45, 7) is 8.50. The van der Waals surface area contributed by atoms with Gasteiger partial charge in [-0.05, 0) is 37.8 Å². The lowest BCUT2D eigenvalue weighted by atomic mass is 10.1. The zero-order valence-corrected chi connectivity index (χ0v) is 16.8. The third-order valence-electron chi connectivity index (χ3n) is 4.77. The minimum absolute atomic E-state index is 0.184. The molecule has 0 aromatic carbocycles. The molecule has 3 N–H and O–H groups in total. The maximum absolute atomic E-state index is 12.9. The molecule has 2 aromatic rings. The first-order valence-corrected chi connectivity index (χ1v) is 10.1. The van der Waals surface area contributed by atoms with E-state index in [-0.39, 0.29) is 17.2 Å². The highest BCUT2D eigenvalue weighted by Crippen LogP contribution is 2.39. The number of fused-ring (bicyclic) bond motifs is 1. The van der Waals surface area contributed by atoms with Crippen molar-refractivity contribution in [3.8, 4) is 0 Å². The van der Waals surface area contributed by atoms with Crippen molar-refractivity contribution in [2.45, 2.75) is 52.5 Å². The van der Waals surface area contributed by atoms with Crippen molar-refractivity contribution in [2.75, 3.05) is 19.6 Å². The van der Waals surface area contributed by atoms with Crippen LogP contribution in [0.25, 0.3) is 11.0 Å². The molecule has 0 radical (unpaired) electrons. The van der Waals surface area contributed by atoms with Gasteiger partial charge in [-0.25, -0.2) is 9.78 Å². The van der Waals surface area contributed by atoms with Gasteiger partial charge in [0.1, 0.15) is 0 Å². The quantitative estimate of drug-likeness (QED) is 0.563. The Morgan fingerprint density at radius 1 is 1.29 bits per heavy atom. The Labute approximate surface area is 163 Å². The fourth-order valence-electron chi connectivity index (χ4n) is 3.26. The summed E-state index contributed by atoms with van der Waals surface area (Å²) in [5.74, 6) is 0.178. The summed E-state index contributed by atoms with van der Waals surface area (Å²) in [5.41, 5.74) is 0.331. The Balaban J connectivity index is 2.04. The summed E-state index contributed by atoms with van der Waals surface area (Å²) < 4.78 is 1.48. The van der Waals surface area contributed by atoms with Gasteiger partial charge in [-0.3, -0.25) is 19.1 Å². The van der Waals surface area contributed by atoms with Crippen LogP contribution in [-0.4, -0.2) is 40.1 Å². The summed E-state index contributed by atoms with van der Waals surface area (Å²) >= 11 is 0. The fraction of sp³-hybridized carbons (Fsp3) is 0.600. The molecule has 28 heavy (non-hydrogen) atoms. The van der Waals surface area contributed by atoms with E-state index in [1.54, 1.807) is 6.07 Å². The second-order valence-electron chi connectivity index (χ2n) is 7.84. The molecule has 0 saturated heterocycles. The van der Waals surface area contributed by atoms with Gasteiger partial charge in [0.2, 0.25) is 0 Å². The van der Waals surface area contributed by atoms with Crippen molar-refractivity contribution < 1.29 is 4.79 Å². The maximum atomic E-state index is 12.9. The van der Waals surface area contributed by atoms with Crippen LogP contribution in [0.2, 0.25) is 0 Å². The van der Waals surface area contributed by atoms with Gasteiger partial charge in [-0.15, -0.1) is 0 Å². The number of nitrogens with zero attached hydrogens (tertiary/aromatic N) is 2. The molecule has 2 aromatic heterocycles. The van der Waals surface area contributed by atoms with Crippen LogP contribution in [0.3, 0.4) is 0 Å². The molecule has 1 amide bonds. The van der Waals surface area contributed by atoms with E-state index >= 15 is 0 Å². The molecule has 3 rings (SSSR count). The van der Waals surface area contributed by atoms with Crippen LogP contribution < -0.4 is 21.9 Å². The van der Waals surface area contributed by atoms with E-state index in [0.29, 0.717) is 36.8 Å². The van der Waals surface area contributed by atoms with Gasteiger partial charge in [0, 0.05) is 31.2 Å². The van der Waals surface area contributed by atoms with Crippen molar-refractivity contribution >= 4 is 16.9 Å². The normalized spacial score (nSPS) is 14.0. The standard InChI is InChI=1S/C20H29N5O3/c1-4-7-21-8-9-22-18(26)14-10-15(13-5-6-13)23-17-16(14)19(27)24-20(28)25(17)11-12(2)3/h10,12-13,21H,4-9,11H2,1-3H3,(H,22,26)(H,24,27,28). The van der Waals surface area contributed by atoms with Crippen LogP contribution in [-0.2, 0) is 6.54 Å². The van der Waals surface area contributed by atoms with E-state index in [0.717, 1.165) is 31.5 Å². The summed E-state index contributed by atoms with van der Waals surface area (Å²) in [5, 5.41) is 6.28. The molecular weight excluding hydrogens is 358 g/mol. The van der Waals surface area contributed by atoms with Crippen LogP contribution >= 0.6 is 0 Å². The Morgan fingerprint density at radius 2 is 2.04 bits per heavy atom. The first-order chi connectivity index (χ1) is 13.4. The highest BCUT2D eigenvalue weighted by Gasteiger charge is 2.28. The number of H-pyrrole nitrogens is 1. The summed E-state index contributed by atoms with van der Waals surface area (Å²) in [7, 11) is 0. The van der Waals surface area contributed by atoms with Crippen LogP contribution in [0, 0.1) is 5.92 Å². The highest BCUT2D eigenvalue weighted by atomic mass is 16.2. The molecular formula is C20H29N5O3. The van der Waals surface area contributed by atoms with Gasteiger partial charge in [0.15, 0.2) is 5.65 Å². The molecule has 0 bridgehead atoms. The van der Waals surface area contributed by atoms with Gasteiger partial charge in [0.25, 0.3) is 11.5 Å². The molecule has 1 fully saturated rings. The molecule has 0 unspecified atom stereocenters. The van der Waals surface area contributed by atoms with Crippen molar-refractivity contribution in [1.29, 1.82) is 0 Å². The third kappa shape index (κ3) is 4.49. The number of amides is 1. The SMILES string of the molecule is CCCNCCNC(=O)c1cc(C2CC2)nc2c1c(=O)[nH]c(=O)n2CC(C)C. The van der Waals surface area contributed by atoms with E-state index in [1.807, 2.05) is 13.8 Å². The van der Waals surface area contributed by atoms with E-state index in [9.17, 15) is 14.4 Å². The Hall–Kier alpha value is -2.48. The number of carbonyl (C=O) groups is 1. The number of hydrogen-bond acceptors (Lipinski definition) is 5. The fourth-order valence-corrected chi connectivity index (χ4v) is 3.26. The monoisotopic (exact) mass is 387 g/mol. The number of aromatic nitrogens is 3. The topological polar surface area (TPSA) is 109 Å². The van der Waals surface area contributed by atoms with E-state index in [2.05, 4.69) is 27.5 Å². The summed E-state index contributed by atoms with van der Waals surface area (Å²) in [4.78, 5) is 44.8. The van der Waals surface area contributed by atoms with Crippen LogP contribution in [0.1, 0.15) is 62.0 Å². The average Bonchev–Trinajstić information content (AvgIpc) is 3.48. The Kier molecular flexibility index (Phi) is 6.28. The second-order valence-corrected chi connectivity index (χ2v) is 7.84. The zero-order chi connectivity index (χ0) is 20.3. The van der Waals surface area contributed by atoms with Gasteiger partial charge < -0.3 is 10.6 Å². The average molecular weight is 387 g/mol. The number of rotatable bonds is 9. The van der Waals surface area contributed by atoms with Crippen molar-refractivity contribution in [3.63, 3.8) is 0 Å². The number of pyridine rings is 1. The largest absolute Gasteiger partial charge is 0.351 e. The van der Waals surface area contributed by atoms with E-state index in [1.165, 1.54) is 4.57 Å². The summed E-state index contributed by atoms with van der Waals surface area (Å²) in [6, 6.07) is 1.72. The lowest BCUT2D eigenvalue weighted by Crippen LogP contribution is -2.36. The van der Waals surface area contributed by atoms with Crippen LogP contribution in [0.5, 0.6) is 0 Å². The molecule has 0 atom stereocenters. The predicted octanol–water partition coefficient (Wildman–Crippen LogP) is 1.35. The molecule has 1 aliphatic carbocycles. The summed E-state index contributed by atoms with van der Waals surface area (Å²) in [6.07, 6.45) is 3.05. The van der Waals surface area contributed by atoms with E-state index < -0.39 is 11.2 Å². The zero-order valence-electron chi connectivity index (χ0n) is 16.8. The van der Waals surface area contributed by atoms with Crippen molar-refractivity contribution in [2.24, 2.45) is 5.92 Å². The van der Waals surface area contributed by atoms with Gasteiger partial charge >= 0.3 is 5.69 Å². The second kappa shape index (κ2) is 8.68. The minimum Gasteiger partial charge on any atom is -0.351 e. The lowest BCUT2D eigenvalue weighted by molar-refractivity contribution is 0.0955. The lowest BCUT2D eigenvalue weighted by Gasteiger charge is -2.15. The van der Waals surface area contributed by atoms with Gasteiger partial charge in [0.05, 0.1) is 10.9 Å². The maximum Gasteiger partial charge on any atom is 0.330 e. The third-order valence-corrected chi connectivity index (χ3v) is 4.77. The van der Waals surface area contributed by atoms with Crippen LogP contribution in [0.15, 0.2) is 15.7 Å². The molecule has 0 spiro atoms.